The predicted octanol–water partition coefficient (Wildman–Crippen LogP) is 3.14. The fourth-order valence-corrected chi connectivity index (χ4v) is 3.01. The van der Waals surface area contributed by atoms with E-state index in [0.717, 1.165) is 35.4 Å². The Kier molecular flexibility index (Phi) is 4.55. The van der Waals surface area contributed by atoms with Crippen LogP contribution in [0, 0.1) is 0 Å². The van der Waals surface area contributed by atoms with Crippen LogP contribution in [0.4, 0.5) is 5.82 Å². The summed E-state index contributed by atoms with van der Waals surface area (Å²) in [6.07, 6.45) is 5.90. The third-order valence-corrected chi connectivity index (χ3v) is 4.16. The van der Waals surface area contributed by atoms with Gasteiger partial charge in [0.2, 0.25) is 0 Å². The van der Waals surface area contributed by atoms with Crippen molar-refractivity contribution in [2.45, 2.75) is 19.3 Å². The van der Waals surface area contributed by atoms with Crippen LogP contribution in [0.3, 0.4) is 0 Å². The number of aromatic nitrogens is 1. The number of benzene rings is 1. The third kappa shape index (κ3) is 3.27. The molecule has 4 heteroatoms. The first-order valence-electron chi connectivity index (χ1n) is 7.76. The molecular formula is C17H23N3O. The van der Waals surface area contributed by atoms with Crippen LogP contribution >= 0.6 is 0 Å². The highest BCUT2D eigenvalue weighted by atomic mass is 16.5. The summed E-state index contributed by atoms with van der Waals surface area (Å²) in [6, 6.07) is 8.09. The van der Waals surface area contributed by atoms with Crippen LogP contribution in [0.5, 0.6) is 5.75 Å². The van der Waals surface area contributed by atoms with E-state index in [1.54, 1.807) is 7.11 Å². The molecule has 2 heterocycles. The smallest absolute Gasteiger partial charge is 0.133 e. The van der Waals surface area contributed by atoms with E-state index in [4.69, 9.17) is 4.74 Å². The molecule has 1 fully saturated rings. The Hall–Kier alpha value is -1.81. The summed E-state index contributed by atoms with van der Waals surface area (Å²) in [5, 5.41) is 5.71. The number of piperidine rings is 1. The molecular weight excluding hydrogens is 262 g/mol. The van der Waals surface area contributed by atoms with Gasteiger partial charge in [-0.2, -0.15) is 0 Å². The van der Waals surface area contributed by atoms with Crippen molar-refractivity contribution in [3.05, 3.63) is 30.5 Å². The molecule has 1 saturated heterocycles. The number of likely N-dealkylation sites (tertiary alicyclic amines) is 1. The Balaban J connectivity index is 1.69. The van der Waals surface area contributed by atoms with Crippen molar-refractivity contribution in [2.75, 3.05) is 38.6 Å². The van der Waals surface area contributed by atoms with Gasteiger partial charge in [0.15, 0.2) is 0 Å². The Morgan fingerprint density at radius 1 is 1.14 bits per heavy atom. The quantitative estimate of drug-likeness (QED) is 0.916. The fraction of sp³-hybridized carbons (Fsp3) is 0.471. The molecule has 0 aliphatic carbocycles. The van der Waals surface area contributed by atoms with E-state index in [1.165, 1.54) is 32.4 Å². The van der Waals surface area contributed by atoms with Gasteiger partial charge in [0.1, 0.15) is 11.6 Å². The number of methoxy groups -OCH3 is 1. The van der Waals surface area contributed by atoms with Crippen LogP contribution in [0.1, 0.15) is 19.3 Å². The molecule has 4 nitrogen and oxygen atoms in total. The number of rotatable bonds is 5. The van der Waals surface area contributed by atoms with Gasteiger partial charge in [-0.15, -0.1) is 0 Å². The first kappa shape index (κ1) is 14.1. The number of nitrogens with one attached hydrogen (secondary N) is 1. The first-order chi connectivity index (χ1) is 10.4. The van der Waals surface area contributed by atoms with Gasteiger partial charge >= 0.3 is 0 Å². The Labute approximate surface area is 126 Å². The van der Waals surface area contributed by atoms with E-state index in [1.807, 2.05) is 24.4 Å². The second kappa shape index (κ2) is 6.76. The van der Waals surface area contributed by atoms with Crippen LogP contribution in [-0.4, -0.2) is 43.2 Å². The topological polar surface area (TPSA) is 37.4 Å². The summed E-state index contributed by atoms with van der Waals surface area (Å²) in [5.41, 5.74) is 0. The number of hydrogen-bond donors (Lipinski definition) is 1. The van der Waals surface area contributed by atoms with Crippen LogP contribution in [0.2, 0.25) is 0 Å². The van der Waals surface area contributed by atoms with Crippen molar-refractivity contribution in [1.82, 2.24) is 9.88 Å². The minimum Gasteiger partial charge on any atom is -0.496 e. The minimum atomic E-state index is 0.897. The number of nitrogens with zero attached hydrogens (tertiary/aromatic N) is 2. The second-order valence-corrected chi connectivity index (χ2v) is 5.54. The van der Waals surface area contributed by atoms with Crippen LogP contribution in [0.25, 0.3) is 10.8 Å². The lowest BCUT2D eigenvalue weighted by atomic mass is 10.1. The molecule has 0 unspecified atom stereocenters. The molecule has 2 aromatic rings. The zero-order chi connectivity index (χ0) is 14.5. The van der Waals surface area contributed by atoms with E-state index in [0.29, 0.717) is 0 Å². The number of hydrogen-bond acceptors (Lipinski definition) is 4. The average Bonchev–Trinajstić information content (AvgIpc) is 2.55. The molecule has 0 saturated carbocycles. The molecule has 0 atom stereocenters. The zero-order valence-corrected chi connectivity index (χ0v) is 12.6. The van der Waals surface area contributed by atoms with Gasteiger partial charge in [0, 0.05) is 30.1 Å². The molecule has 112 valence electrons. The maximum Gasteiger partial charge on any atom is 0.133 e. The molecule has 1 N–H and O–H groups in total. The van der Waals surface area contributed by atoms with Crippen LogP contribution in [-0.2, 0) is 0 Å². The first-order valence-corrected chi connectivity index (χ1v) is 7.76. The predicted molar refractivity (Wildman–Crippen MR) is 87.1 cm³/mol. The highest BCUT2D eigenvalue weighted by Crippen LogP contribution is 2.28. The van der Waals surface area contributed by atoms with E-state index in [2.05, 4.69) is 21.3 Å². The van der Waals surface area contributed by atoms with E-state index < -0.39 is 0 Å². The normalized spacial score (nSPS) is 16.0. The highest BCUT2D eigenvalue weighted by molar-refractivity contribution is 5.95. The van der Waals surface area contributed by atoms with Crippen molar-refractivity contribution in [3.8, 4) is 5.75 Å². The minimum absolute atomic E-state index is 0.897. The molecule has 1 aliphatic rings. The molecule has 1 aliphatic heterocycles. The summed E-state index contributed by atoms with van der Waals surface area (Å²) in [4.78, 5) is 7.01. The van der Waals surface area contributed by atoms with Crippen molar-refractivity contribution in [3.63, 3.8) is 0 Å². The number of ether oxygens (including phenoxy) is 1. The molecule has 1 aromatic carbocycles. The lowest BCUT2D eigenvalue weighted by Gasteiger charge is -2.26. The van der Waals surface area contributed by atoms with Gasteiger partial charge in [-0.05, 0) is 38.1 Å². The molecule has 0 radical (unpaired) electrons. The molecule has 3 rings (SSSR count). The summed E-state index contributed by atoms with van der Waals surface area (Å²) < 4.78 is 5.42. The standard InChI is InChI=1S/C17H23N3O/c1-21-16-7-5-6-15-14(16)8-9-18-17(15)19-10-13-20-11-3-2-4-12-20/h5-9H,2-4,10-13H2,1H3,(H,18,19). The monoisotopic (exact) mass is 285 g/mol. The second-order valence-electron chi connectivity index (χ2n) is 5.54. The Morgan fingerprint density at radius 2 is 2.00 bits per heavy atom. The Morgan fingerprint density at radius 3 is 2.81 bits per heavy atom. The fourth-order valence-electron chi connectivity index (χ4n) is 3.01. The maximum atomic E-state index is 5.42. The van der Waals surface area contributed by atoms with Crippen molar-refractivity contribution in [2.24, 2.45) is 0 Å². The molecule has 1 aromatic heterocycles. The van der Waals surface area contributed by atoms with Crippen LogP contribution in [0.15, 0.2) is 30.5 Å². The molecule has 0 amide bonds. The molecule has 21 heavy (non-hydrogen) atoms. The summed E-state index contributed by atoms with van der Waals surface area (Å²) >= 11 is 0. The highest BCUT2D eigenvalue weighted by Gasteiger charge is 2.10. The maximum absolute atomic E-state index is 5.42. The summed E-state index contributed by atoms with van der Waals surface area (Å²) in [5.74, 6) is 1.84. The van der Waals surface area contributed by atoms with Gasteiger partial charge in [-0.25, -0.2) is 4.98 Å². The van der Waals surface area contributed by atoms with Crippen molar-refractivity contribution in [1.29, 1.82) is 0 Å². The van der Waals surface area contributed by atoms with Gasteiger partial charge < -0.3 is 15.0 Å². The third-order valence-electron chi connectivity index (χ3n) is 4.16. The largest absolute Gasteiger partial charge is 0.496 e. The summed E-state index contributed by atoms with van der Waals surface area (Å²) in [7, 11) is 1.71. The molecule has 0 spiro atoms. The van der Waals surface area contributed by atoms with Gasteiger partial charge in [0.25, 0.3) is 0 Å². The van der Waals surface area contributed by atoms with E-state index in [-0.39, 0.29) is 0 Å². The van der Waals surface area contributed by atoms with Crippen molar-refractivity contribution < 1.29 is 4.74 Å². The number of anilines is 1. The summed E-state index contributed by atoms with van der Waals surface area (Å²) in [6.45, 7) is 4.49. The van der Waals surface area contributed by atoms with E-state index >= 15 is 0 Å². The lowest BCUT2D eigenvalue weighted by molar-refractivity contribution is 0.237. The van der Waals surface area contributed by atoms with Gasteiger partial charge in [-0.1, -0.05) is 18.6 Å². The van der Waals surface area contributed by atoms with Gasteiger partial charge in [-0.3, -0.25) is 0 Å². The lowest BCUT2D eigenvalue weighted by Crippen LogP contribution is -2.33. The van der Waals surface area contributed by atoms with E-state index in [9.17, 15) is 0 Å². The number of fused-ring (bicyclic) bond motifs is 1. The Bertz CT molecular complexity index is 594. The van der Waals surface area contributed by atoms with Gasteiger partial charge in [0.05, 0.1) is 7.11 Å². The van der Waals surface area contributed by atoms with Crippen molar-refractivity contribution >= 4 is 16.6 Å². The average molecular weight is 285 g/mol. The SMILES string of the molecule is COc1cccc2c(NCCN3CCCCC3)nccc12. The van der Waals surface area contributed by atoms with Crippen LogP contribution < -0.4 is 10.1 Å². The number of pyridine rings is 1. The zero-order valence-electron chi connectivity index (χ0n) is 12.6. The molecule has 0 bridgehead atoms.